The normalized spacial score (nSPS) is 17.5. The van der Waals surface area contributed by atoms with Gasteiger partial charge in [0.05, 0.1) is 24.4 Å². The Bertz CT molecular complexity index is 773. The van der Waals surface area contributed by atoms with Crippen LogP contribution in [0.4, 0.5) is 0 Å². The number of aromatic nitrogens is 3. The molecule has 1 aliphatic carbocycles. The second-order valence-electron chi connectivity index (χ2n) is 6.33. The minimum Gasteiger partial charge on any atom is -0.465 e. The van der Waals surface area contributed by atoms with Gasteiger partial charge in [-0.3, -0.25) is 4.79 Å². The lowest BCUT2D eigenvalue weighted by Gasteiger charge is -2.38. The molecule has 7 heteroatoms. The number of nitrogens with zero attached hydrogens (tertiary/aromatic N) is 4. The Balaban J connectivity index is 1.37. The standard InChI is InChI=1S/C17H18N4O3/c1-24-17(23)13-6-4-12(5-7-13)16(22)20-8-14(9-20)21-10-15(18-19-21)11-2-3-11/h4-7,10-11,14H,2-3,8-9H2,1H3. The zero-order valence-corrected chi connectivity index (χ0v) is 13.4. The molecular formula is C17H18N4O3. The molecule has 24 heavy (non-hydrogen) atoms. The molecule has 2 fully saturated rings. The number of amides is 1. The summed E-state index contributed by atoms with van der Waals surface area (Å²) in [7, 11) is 1.33. The van der Waals surface area contributed by atoms with E-state index < -0.39 is 5.97 Å². The van der Waals surface area contributed by atoms with Gasteiger partial charge in [0, 0.05) is 30.8 Å². The fourth-order valence-corrected chi connectivity index (χ4v) is 2.87. The van der Waals surface area contributed by atoms with Crippen LogP contribution >= 0.6 is 0 Å². The first-order valence-electron chi connectivity index (χ1n) is 8.05. The van der Waals surface area contributed by atoms with Crippen molar-refractivity contribution < 1.29 is 14.3 Å². The monoisotopic (exact) mass is 326 g/mol. The van der Waals surface area contributed by atoms with E-state index in [1.165, 1.54) is 20.0 Å². The Morgan fingerprint density at radius 2 is 1.79 bits per heavy atom. The van der Waals surface area contributed by atoms with Gasteiger partial charge in [0.15, 0.2) is 0 Å². The van der Waals surface area contributed by atoms with E-state index in [2.05, 4.69) is 15.0 Å². The Hall–Kier alpha value is -2.70. The molecule has 7 nitrogen and oxygen atoms in total. The molecule has 2 aliphatic rings. The molecule has 0 unspecified atom stereocenters. The fraction of sp³-hybridized carbons (Fsp3) is 0.412. The number of esters is 1. The lowest BCUT2D eigenvalue weighted by molar-refractivity contribution is 0.0497. The van der Waals surface area contributed by atoms with Crippen LogP contribution in [0.1, 0.15) is 51.2 Å². The molecule has 2 aromatic rings. The summed E-state index contributed by atoms with van der Waals surface area (Å²) in [6.07, 6.45) is 4.42. The molecule has 0 spiro atoms. The van der Waals surface area contributed by atoms with Gasteiger partial charge in [-0.15, -0.1) is 5.10 Å². The van der Waals surface area contributed by atoms with E-state index in [4.69, 9.17) is 0 Å². The van der Waals surface area contributed by atoms with Gasteiger partial charge in [-0.1, -0.05) is 5.21 Å². The highest BCUT2D eigenvalue weighted by Crippen LogP contribution is 2.39. The Kier molecular flexibility index (Phi) is 3.55. The van der Waals surface area contributed by atoms with Crippen molar-refractivity contribution in [3.8, 4) is 0 Å². The van der Waals surface area contributed by atoms with Crippen molar-refractivity contribution in [1.29, 1.82) is 0 Å². The van der Waals surface area contributed by atoms with Crippen LogP contribution in [-0.4, -0.2) is 52.0 Å². The lowest BCUT2D eigenvalue weighted by atomic mass is 10.1. The molecule has 1 aromatic carbocycles. The molecule has 4 rings (SSSR count). The van der Waals surface area contributed by atoms with Gasteiger partial charge < -0.3 is 9.64 Å². The zero-order valence-electron chi connectivity index (χ0n) is 13.4. The van der Waals surface area contributed by atoms with Gasteiger partial charge in [-0.05, 0) is 37.1 Å². The fourth-order valence-electron chi connectivity index (χ4n) is 2.87. The van der Waals surface area contributed by atoms with Crippen LogP contribution in [0, 0.1) is 0 Å². The quantitative estimate of drug-likeness (QED) is 0.798. The highest BCUT2D eigenvalue weighted by atomic mass is 16.5. The molecule has 1 saturated heterocycles. The third kappa shape index (κ3) is 2.66. The number of carbonyl (C=O) groups excluding carboxylic acids is 2. The van der Waals surface area contributed by atoms with Crippen LogP contribution in [0.25, 0.3) is 0 Å². The second kappa shape index (κ2) is 5.74. The van der Waals surface area contributed by atoms with Crippen LogP contribution in [0.2, 0.25) is 0 Å². The van der Waals surface area contributed by atoms with Crippen molar-refractivity contribution in [1.82, 2.24) is 19.9 Å². The van der Waals surface area contributed by atoms with Crippen LogP contribution in [0.15, 0.2) is 30.5 Å². The molecule has 1 amide bonds. The molecule has 124 valence electrons. The average molecular weight is 326 g/mol. The maximum atomic E-state index is 12.4. The first kappa shape index (κ1) is 14.9. The maximum Gasteiger partial charge on any atom is 0.337 e. The Labute approximate surface area is 139 Å². The van der Waals surface area contributed by atoms with Crippen molar-refractivity contribution in [3.05, 3.63) is 47.3 Å². The summed E-state index contributed by atoms with van der Waals surface area (Å²) in [5, 5.41) is 8.39. The number of carbonyl (C=O) groups is 2. The number of hydrogen-bond acceptors (Lipinski definition) is 5. The van der Waals surface area contributed by atoms with Gasteiger partial charge >= 0.3 is 5.97 Å². The zero-order chi connectivity index (χ0) is 16.7. The third-order valence-corrected chi connectivity index (χ3v) is 4.60. The van der Waals surface area contributed by atoms with Gasteiger partial charge in [-0.25, -0.2) is 9.48 Å². The molecular weight excluding hydrogens is 308 g/mol. The van der Waals surface area contributed by atoms with E-state index in [0.29, 0.717) is 30.1 Å². The minimum absolute atomic E-state index is 0.0369. The predicted octanol–water partition coefficient (Wildman–Crippen LogP) is 1.64. The van der Waals surface area contributed by atoms with Gasteiger partial charge in [0.25, 0.3) is 5.91 Å². The molecule has 0 N–H and O–H groups in total. The molecule has 0 atom stereocenters. The highest BCUT2D eigenvalue weighted by Gasteiger charge is 2.34. The van der Waals surface area contributed by atoms with Crippen LogP contribution < -0.4 is 0 Å². The van der Waals surface area contributed by atoms with E-state index in [1.54, 1.807) is 29.2 Å². The summed E-state index contributed by atoms with van der Waals surface area (Å²) < 4.78 is 6.53. The summed E-state index contributed by atoms with van der Waals surface area (Å²) in [5.41, 5.74) is 2.07. The Morgan fingerprint density at radius 3 is 2.42 bits per heavy atom. The summed E-state index contributed by atoms with van der Waals surface area (Å²) in [6, 6.07) is 6.72. The van der Waals surface area contributed by atoms with Crippen molar-refractivity contribution in [2.24, 2.45) is 0 Å². The predicted molar refractivity (Wildman–Crippen MR) is 84.7 cm³/mol. The number of hydrogen-bond donors (Lipinski definition) is 0. The van der Waals surface area contributed by atoms with E-state index >= 15 is 0 Å². The van der Waals surface area contributed by atoms with Gasteiger partial charge in [0.2, 0.25) is 0 Å². The van der Waals surface area contributed by atoms with Crippen molar-refractivity contribution in [2.45, 2.75) is 24.8 Å². The second-order valence-corrected chi connectivity index (χ2v) is 6.33. The number of rotatable bonds is 4. The van der Waals surface area contributed by atoms with E-state index in [1.807, 2.05) is 10.9 Å². The smallest absolute Gasteiger partial charge is 0.337 e. The van der Waals surface area contributed by atoms with E-state index in [0.717, 1.165) is 5.69 Å². The molecule has 0 bridgehead atoms. The van der Waals surface area contributed by atoms with Crippen molar-refractivity contribution >= 4 is 11.9 Å². The highest BCUT2D eigenvalue weighted by molar-refractivity contribution is 5.96. The van der Waals surface area contributed by atoms with Gasteiger partial charge in [-0.2, -0.15) is 0 Å². The molecule has 2 heterocycles. The first-order valence-corrected chi connectivity index (χ1v) is 8.05. The number of likely N-dealkylation sites (tertiary alicyclic amines) is 1. The number of methoxy groups -OCH3 is 1. The maximum absolute atomic E-state index is 12.4. The van der Waals surface area contributed by atoms with Crippen LogP contribution in [0.5, 0.6) is 0 Å². The van der Waals surface area contributed by atoms with E-state index in [-0.39, 0.29) is 11.9 Å². The molecule has 1 aliphatic heterocycles. The minimum atomic E-state index is -0.407. The summed E-state index contributed by atoms with van der Waals surface area (Å²) in [4.78, 5) is 25.6. The number of benzene rings is 1. The average Bonchev–Trinajstić information content (AvgIpc) is 3.32. The summed E-state index contributed by atoms with van der Waals surface area (Å²) in [6.45, 7) is 1.26. The van der Waals surface area contributed by atoms with Gasteiger partial charge in [0.1, 0.15) is 0 Å². The van der Waals surface area contributed by atoms with Crippen LogP contribution in [0.3, 0.4) is 0 Å². The van der Waals surface area contributed by atoms with Crippen molar-refractivity contribution in [2.75, 3.05) is 20.2 Å². The Morgan fingerprint density at radius 1 is 1.12 bits per heavy atom. The van der Waals surface area contributed by atoms with E-state index in [9.17, 15) is 9.59 Å². The first-order chi connectivity index (χ1) is 11.7. The third-order valence-electron chi connectivity index (χ3n) is 4.60. The topological polar surface area (TPSA) is 77.3 Å². The molecule has 1 saturated carbocycles. The summed E-state index contributed by atoms with van der Waals surface area (Å²) >= 11 is 0. The summed E-state index contributed by atoms with van der Waals surface area (Å²) in [5.74, 6) is 0.144. The largest absolute Gasteiger partial charge is 0.465 e. The number of ether oxygens (including phenoxy) is 1. The molecule has 1 aromatic heterocycles. The lowest BCUT2D eigenvalue weighted by Crippen LogP contribution is -2.50. The SMILES string of the molecule is COC(=O)c1ccc(C(=O)N2CC(n3cc(C4CC4)nn3)C2)cc1. The van der Waals surface area contributed by atoms with Crippen molar-refractivity contribution in [3.63, 3.8) is 0 Å². The van der Waals surface area contributed by atoms with Crippen LogP contribution in [-0.2, 0) is 4.74 Å². The molecule has 0 radical (unpaired) electrons.